The fourth-order valence-electron chi connectivity index (χ4n) is 2.88. The number of urea groups is 1. The molecule has 1 aliphatic rings. The molecule has 120 valence electrons. The first-order valence-electron chi connectivity index (χ1n) is 8.13. The molecule has 3 rings (SSSR count). The monoisotopic (exact) mass is 309 g/mol. The van der Waals surface area contributed by atoms with Crippen LogP contribution in [-0.4, -0.2) is 31.1 Å². The quantitative estimate of drug-likeness (QED) is 0.928. The van der Waals surface area contributed by atoms with Crippen LogP contribution in [0.5, 0.6) is 0 Å². The van der Waals surface area contributed by atoms with E-state index in [0.717, 1.165) is 24.3 Å². The number of anilines is 2. The van der Waals surface area contributed by atoms with Gasteiger partial charge in [-0.2, -0.15) is 0 Å². The van der Waals surface area contributed by atoms with Crippen molar-refractivity contribution >= 4 is 17.4 Å². The molecule has 2 aromatic rings. The molecule has 4 nitrogen and oxygen atoms in total. The molecule has 1 heterocycles. The van der Waals surface area contributed by atoms with Gasteiger partial charge in [0, 0.05) is 38.1 Å². The molecule has 0 unspecified atom stereocenters. The van der Waals surface area contributed by atoms with E-state index in [1.165, 1.54) is 18.5 Å². The highest BCUT2D eigenvalue weighted by molar-refractivity contribution is 5.89. The number of nitrogens with one attached hydrogen (secondary N) is 1. The third-order valence-electron chi connectivity index (χ3n) is 4.20. The van der Waals surface area contributed by atoms with Gasteiger partial charge in [-0.25, -0.2) is 4.79 Å². The number of carbonyl (C=O) groups excluding carboxylic acids is 1. The van der Waals surface area contributed by atoms with E-state index in [0.29, 0.717) is 6.54 Å². The van der Waals surface area contributed by atoms with Gasteiger partial charge in [0.1, 0.15) is 0 Å². The Hall–Kier alpha value is -2.49. The molecule has 0 saturated carbocycles. The topological polar surface area (TPSA) is 35.6 Å². The maximum atomic E-state index is 12.3. The predicted octanol–water partition coefficient (Wildman–Crippen LogP) is 3.95. The van der Waals surface area contributed by atoms with Gasteiger partial charge in [-0.1, -0.05) is 30.3 Å². The Morgan fingerprint density at radius 2 is 1.70 bits per heavy atom. The van der Waals surface area contributed by atoms with Crippen molar-refractivity contribution < 1.29 is 4.79 Å². The smallest absolute Gasteiger partial charge is 0.321 e. The van der Waals surface area contributed by atoms with Crippen LogP contribution in [0.15, 0.2) is 54.6 Å². The van der Waals surface area contributed by atoms with Crippen LogP contribution >= 0.6 is 0 Å². The van der Waals surface area contributed by atoms with Gasteiger partial charge >= 0.3 is 6.03 Å². The van der Waals surface area contributed by atoms with E-state index in [4.69, 9.17) is 0 Å². The number of nitrogens with zero attached hydrogens (tertiary/aromatic N) is 2. The van der Waals surface area contributed by atoms with Crippen molar-refractivity contribution in [1.29, 1.82) is 0 Å². The molecule has 0 spiro atoms. The lowest BCUT2D eigenvalue weighted by atomic mass is 10.2. The molecule has 2 aromatic carbocycles. The molecular weight excluding hydrogens is 286 g/mol. The zero-order chi connectivity index (χ0) is 16.1. The molecule has 1 aliphatic heterocycles. The Labute approximate surface area is 137 Å². The van der Waals surface area contributed by atoms with Crippen molar-refractivity contribution in [2.24, 2.45) is 0 Å². The Kier molecular flexibility index (Phi) is 4.81. The summed E-state index contributed by atoms with van der Waals surface area (Å²) >= 11 is 0. The van der Waals surface area contributed by atoms with Crippen LogP contribution in [0.1, 0.15) is 18.4 Å². The molecule has 1 fully saturated rings. The van der Waals surface area contributed by atoms with E-state index in [2.05, 4.69) is 22.3 Å². The maximum Gasteiger partial charge on any atom is 0.321 e. The first-order chi connectivity index (χ1) is 11.2. The van der Waals surface area contributed by atoms with Crippen molar-refractivity contribution in [2.75, 3.05) is 30.4 Å². The van der Waals surface area contributed by atoms with Gasteiger partial charge in [0.15, 0.2) is 0 Å². The molecule has 1 saturated heterocycles. The Balaban J connectivity index is 1.56. The fourth-order valence-corrected chi connectivity index (χ4v) is 2.88. The Morgan fingerprint density at radius 3 is 2.35 bits per heavy atom. The SMILES string of the molecule is CN(Cc1ccccc1)C(=O)Nc1ccc(N2CCCC2)cc1. The minimum absolute atomic E-state index is 0.0947. The lowest BCUT2D eigenvalue weighted by Gasteiger charge is -2.20. The van der Waals surface area contributed by atoms with Crippen molar-refractivity contribution in [2.45, 2.75) is 19.4 Å². The summed E-state index contributed by atoms with van der Waals surface area (Å²) in [5, 5.41) is 2.95. The zero-order valence-electron chi connectivity index (χ0n) is 13.5. The summed E-state index contributed by atoms with van der Waals surface area (Å²) in [6.07, 6.45) is 2.53. The predicted molar refractivity (Wildman–Crippen MR) is 94.8 cm³/mol. The molecule has 1 N–H and O–H groups in total. The molecule has 0 atom stereocenters. The third-order valence-corrected chi connectivity index (χ3v) is 4.20. The number of hydrogen-bond donors (Lipinski definition) is 1. The van der Waals surface area contributed by atoms with Crippen LogP contribution in [0.4, 0.5) is 16.2 Å². The Bertz CT molecular complexity index is 633. The highest BCUT2D eigenvalue weighted by Crippen LogP contribution is 2.22. The van der Waals surface area contributed by atoms with Crippen LogP contribution in [0.25, 0.3) is 0 Å². The van der Waals surface area contributed by atoms with Gasteiger partial charge in [0.25, 0.3) is 0 Å². The van der Waals surface area contributed by atoms with Gasteiger partial charge in [0.2, 0.25) is 0 Å². The van der Waals surface area contributed by atoms with Crippen molar-refractivity contribution in [3.63, 3.8) is 0 Å². The first-order valence-corrected chi connectivity index (χ1v) is 8.13. The molecule has 0 radical (unpaired) electrons. The highest BCUT2D eigenvalue weighted by atomic mass is 16.2. The van der Waals surface area contributed by atoms with Gasteiger partial charge in [0.05, 0.1) is 0 Å². The summed E-state index contributed by atoms with van der Waals surface area (Å²) in [6.45, 7) is 2.86. The van der Waals surface area contributed by atoms with Crippen molar-refractivity contribution in [1.82, 2.24) is 4.90 Å². The number of rotatable bonds is 4. The second kappa shape index (κ2) is 7.18. The fraction of sp³-hybridized carbons (Fsp3) is 0.316. The van der Waals surface area contributed by atoms with E-state index in [-0.39, 0.29) is 6.03 Å². The van der Waals surface area contributed by atoms with E-state index in [9.17, 15) is 4.79 Å². The van der Waals surface area contributed by atoms with E-state index in [1.807, 2.05) is 42.5 Å². The third kappa shape index (κ3) is 4.03. The molecular formula is C19H23N3O. The number of benzene rings is 2. The van der Waals surface area contributed by atoms with E-state index >= 15 is 0 Å². The van der Waals surface area contributed by atoms with E-state index in [1.54, 1.807) is 11.9 Å². The van der Waals surface area contributed by atoms with Crippen molar-refractivity contribution in [3.8, 4) is 0 Å². The summed E-state index contributed by atoms with van der Waals surface area (Å²) in [7, 11) is 1.81. The highest BCUT2D eigenvalue weighted by Gasteiger charge is 2.13. The zero-order valence-corrected chi connectivity index (χ0v) is 13.5. The van der Waals surface area contributed by atoms with Crippen molar-refractivity contribution in [3.05, 3.63) is 60.2 Å². The first kappa shape index (κ1) is 15.4. The molecule has 0 aromatic heterocycles. The Morgan fingerprint density at radius 1 is 1.04 bits per heavy atom. The summed E-state index contributed by atoms with van der Waals surface area (Å²) in [5.74, 6) is 0. The van der Waals surface area contributed by atoms with Gasteiger partial charge in [-0.3, -0.25) is 0 Å². The minimum Gasteiger partial charge on any atom is -0.372 e. The lowest BCUT2D eigenvalue weighted by Crippen LogP contribution is -2.30. The van der Waals surface area contributed by atoms with Gasteiger partial charge in [-0.05, 0) is 42.7 Å². The van der Waals surface area contributed by atoms with Crippen LogP contribution in [-0.2, 0) is 6.54 Å². The molecule has 23 heavy (non-hydrogen) atoms. The van der Waals surface area contributed by atoms with Gasteiger partial charge in [-0.15, -0.1) is 0 Å². The molecule has 0 bridgehead atoms. The summed E-state index contributed by atoms with van der Waals surface area (Å²) in [4.78, 5) is 16.3. The summed E-state index contributed by atoms with van der Waals surface area (Å²) < 4.78 is 0. The number of amides is 2. The van der Waals surface area contributed by atoms with Crippen LogP contribution in [0.3, 0.4) is 0 Å². The van der Waals surface area contributed by atoms with Gasteiger partial charge < -0.3 is 15.1 Å². The summed E-state index contributed by atoms with van der Waals surface area (Å²) in [5.41, 5.74) is 3.19. The largest absolute Gasteiger partial charge is 0.372 e. The summed E-state index contributed by atoms with van der Waals surface area (Å²) in [6, 6.07) is 18.0. The lowest BCUT2D eigenvalue weighted by molar-refractivity contribution is 0.220. The van der Waals surface area contributed by atoms with E-state index < -0.39 is 0 Å². The van der Waals surface area contributed by atoms with Crippen LogP contribution < -0.4 is 10.2 Å². The number of hydrogen-bond acceptors (Lipinski definition) is 2. The average molecular weight is 309 g/mol. The second-order valence-electron chi connectivity index (χ2n) is 6.01. The second-order valence-corrected chi connectivity index (χ2v) is 6.01. The average Bonchev–Trinajstić information content (AvgIpc) is 3.11. The number of carbonyl (C=O) groups is 1. The maximum absolute atomic E-state index is 12.3. The van der Waals surface area contributed by atoms with Crippen LogP contribution in [0, 0.1) is 0 Å². The van der Waals surface area contributed by atoms with Crippen LogP contribution in [0.2, 0.25) is 0 Å². The standard InChI is InChI=1S/C19H23N3O/c1-21(15-16-7-3-2-4-8-16)19(23)20-17-9-11-18(12-10-17)22-13-5-6-14-22/h2-4,7-12H,5-6,13-15H2,1H3,(H,20,23). The minimum atomic E-state index is -0.0947. The normalized spacial score (nSPS) is 13.9. The molecule has 2 amide bonds. The molecule has 0 aliphatic carbocycles. The molecule has 4 heteroatoms.